The van der Waals surface area contributed by atoms with E-state index >= 15 is 0 Å². The molecule has 0 atom stereocenters. The lowest BCUT2D eigenvalue weighted by Crippen LogP contribution is -2.34. The molecule has 2 rings (SSSR count). The van der Waals surface area contributed by atoms with Crippen LogP contribution in [0.15, 0.2) is 23.3 Å². The maximum atomic E-state index is 5.68. The van der Waals surface area contributed by atoms with Gasteiger partial charge >= 0.3 is 0 Å². The molecular weight excluding hydrogens is 302 g/mol. The van der Waals surface area contributed by atoms with E-state index < -0.39 is 0 Å². The quantitative estimate of drug-likeness (QED) is 0.372. The van der Waals surface area contributed by atoms with Gasteiger partial charge in [0.15, 0.2) is 16.6 Å². The number of hydrogen-bond acceptors (Lipinski definition) is 5. The molecule has 1 heterocycles. The molecule has 0 saturated carbocycles. The van der Waals surface area contributed by atoms with Crippen molar-refractivity contribution in [2.75, 3.05) is 33.5 Å². The summed E-state index contributed by atoms with van der Waals surface area (Å²) in [6, 6.07) is 5.79. The predicted molar refractivity (Wildman–Crippen MR) is 89.9 cm³/mol. The Kier molecular flexibility index (Phi) is 6.42. The number of fused-ring (bicyclic) bond motifs is 1. The lowest BCUT2D eigenvalue weighted by molar-refractivity contribution is 0.204. The van der Waals surface area contributed by atoms with Crippen molar-refractivity contribution in [1.82, 2.24) is 10.7 Å². The van der Waals surface area contributed by atoms with E-state index in [9.17, 15) is 0 Å². The van der Waals surface area contributed by atoms with Crippen molar-refractivity contribution in [1.29, 1.82) is 0 Å². The first-order chi connectivity index (χ1) is 10.7. The minimum atomic E-state index is 0.464. The van der Waals surface area contributed by atoms with Crippen molar-refractivity contribution in [3.05, 3.63) is 23.8 Å². The second-order valence-corrected chi connectivity index (χ2v) is 5.18. The average molecular weight is 323 g/mol. The Bertz CT molecular complexity index is 549. The fourth-order valence-corrected chi connectivity index (χ4v) is 2.04. The summed E-state index contributed by atoms with van der Waals surface area (Å²) >= 11 is 5.12. The topological polar surface area (TPSA) is 64.1 Å². The largest absolute Gasteiger partial charge is 0.490 e. The number of hydrazone groups is 1. The molecule has 7 heteroatoms. The van der Waals surface area contributed by atoms with Crippen LogP contribution in [0.5, 0.6) is 11.5 Å². The van der Waals surface area contributed by atoms with Crippen LogP contribution in [0.2, 0.25) is 0 Å². The van der Waals surface area contributed by atoms with Gasteiger partial charge in [-0.3, -0.25) is 5.43 Å². The second-order valence-electron chi connectivity index (χ2n) is 4.77. The van der Waals surface area contributed by atoms with E-state index in [4.69, 9.17) is 26.4 Å². The van der Waals surface area contributed by atoms with E-state index in [0.29, 0.717) is 31.5 Å². The molecule has 1 aliphatic rings. The van der Waals surface area contributed by atoms with E-state index in [-0.39, 0.29) is 0 Å². The highest BCUT2D eigenvalue weighted by atomic mass is 32.1. The van der Waals surface area contributed by atoms with Crippen LogP contribution in [0.1, 0.15) is 18.9 Å². The third-order valence-corrected chi connectivity index (χ3v) is 3.32. The molecule has 1 aliphatic heterocycles. The maximum absolute atomic E-state index is 5.68. The van der Waals surface area contributed by atoms with Crippen molar-refractivity contribution >= 4 is 23.0 Å². The van der Waals surface area contributed by atoms with Crippen LogP contribution in [0.25, 0.3) is 0 Å². The summed E-state index contributed by atoms with van der Waals surface area (Å²) in [4.78, 5) is 0. The highest BCUT2D eigenvalue weighted by molar-refractivity contribution is 7.80. The normalized spacial score (nSPS) is 14.2. The van der Waals surface area contributed by atoms with E-state index in [1.165, 1.54) is 0 Å². The van der Waals surface area contributed by atoms with Crippen molar-refractivity contribution < 1.29 is 14.2 Å². The summed E-state index contributed by atoms with van der Waals surface area (Å²) in [5.41, 5.74) is 4.58. The first kappa shape index (κ1) is 16.5. The van der Waals surface area contributed by atoms with Gasteiger partial charge in [-0.15, -0.1) is 0 Å². The molecule has 0 radical (unpaired) electrons. The molecule has 22 heavy (non-hydrogen) atoms. The molecule has 2 N–H and O–H groups in total. The van der Waals surface area contributed by atoms with E-state index in [0.717, 1.165) is 29.2 Å². The Morgan fingerprint density at radius 3 is 2.86 bits per heavy atom. The van der Waals surface area contributed by atoms with Crippen LogP contribution >= 0.6 is 12.2 Å². The Morgan fingerprint density at radius 2 is 2.09 bits per heavy atom. The Labute approximate surface area is 135 Å². The first-order valence-corrected chi connectivity index (χ1v) is 7.58. The van der Waals surface area contributed by atoms with Gasteiger partial charge < -0.3 is 19.5 Å². The third kappa shape index (κ3) is 4.85. The monoisotopic (exact) mass is 323 g/mol. The van der Waals surface area contributed by atoms with Crippen LogP contribution < -0.4 is 20.2 Å². The molecule has 6 nitrogen and oxygen atoms in total. The fraction of sp³-hybridized carbons (Fsp3) is 0.467. The van der Waals surface area contributed by atoms with Gasteiger partial charge in [0.2, 0.25) is 0 Å². The average Bonchev–Trinajstić information content (AvgIpc) is 2.77. The number of nitrogens with one attached hydrogen (secondary N) is 2. The van der Waals surface area contributed by atoms with Gasteiger partial charge in [0.1, 0.15) is 0 Å². The SMILES string of the molecule is COCCNC(=S)N/N=C(/C)c1ccc2c(c1)OCCCO2. The van der Waals surface area contributed by atoms with Crippen molar-refractivity contribution in [3.63, 3.8) is 0 Å². The lowest BCUT2D eigenvalue weighted by atomic mass is 10.1. The highest BCUT2D eigenvalue weighted by Gasteiger charge is 2.11. The molecule has 120 valence electrons. The molecule has 0 aliphatic carbocycles. The minimum absolute atomic E-state index is 0.464. The standard InChI is InChI=1S/C15H21N3O3S/c1-11(17-18-15(22)16-6-9-19-2)12-4-5-13-14(10-12)21-8-3-7-20-13/h4-5,10H,3,6-9H2,1-2H3,(H2,16,18,22)/b17-11-. The van der Waals surface area contributed by atoms with Gasteiger partial charge in [-0.25, -0.2) is 0 Å². The fourth-order valence-electron chi connectivity index (χ4n) is 1.89. The van der Waals surface area contributed by atoms with Gasteiger partial charge in [0.25, 0.3) is 0 Å². The van der Waals surface area contributed by atoms with Crippen LogP contribution in [0.4, 0.5) is 0 Å². The van der Waals surface area contributed by atoms with E-state index in [2.05, 4.69) is 15.8 Å². The predicted octanol–water partition coefficient (Wildman–Crippen LogP) is 1.68. The molecule has 0 aromatic heterocycles. The number of thiocarbonyl (C=S) groups is 1. The third-order valence-electron chi connectivity index (χ3n) is 3.08. The molecule has 0 amide bonds. The number of benzene rings is 1. The Balaban J connectivity index is 1.97. The number of methoxy groups -OCH3 is 1. The van der Waals surface area contributed by atoms with Crippen LogP contribution in [-0.2, 0) is 4.74 Å². The van der Waals surface area contributed by atoms with Gasteiger partial charge in [0, 0.05) is 25.6 Å². The van der Waals surface area contributed by atoms with Gasteiger partial charge in [0.05, 0.1) is 25.5 Å². The summed E-state index contributed by atoms with van der Waals surface area (Å²) in [6.07, 6.45) is 0.889. The van der Waals surface area contributed by atoms with E-state index in [1.54, 1.807) is 7.11 Å². The molecule has 0 fully saturated rings. The lowest BCUT2D eigenvalue weighted by Gasteiger charge is -2.10. The molecular formula is C15H21N3O3S. The van der Waals surface area contributed by atoms with E-state index in [1.807, 2.05) is 25.1 Å². The summed E-state index contributed by atoms with van der Waals surface area (Å²) < 4.78 is 16.2. The minimum Gasteiger partial charge on any atom is -0.490 e. The molecule has 0 spiro atoms. The van der Waals surface area contributed by atoms with Gasteiger partial charge in [-0.2, -0.15) is 5.10 Å². The first-order valence-electron chi connectivity index (χ1n) is 7.18. The molecule has 1 aromatic rings. The zero-order valence-electron chi connectivity index (χ0n) is 12.8. The van der Waals surface area contributed by atoms with Crippen molar-refractivity contribution in [2.24, 2.45) is 5.10 Å². The zero-order valence-corrected chi connectivity index (χ0v) is 13.7. The second kappa shape index (κ2) is 8.55. The zero-order chi connectivity index (χ0) is 15.8. The highest BCUT2D eigenvalue weighted by Crippen LogP contribution is 2.30. The number of ether oxygens (including phenoxy) is 3. The Hall–Kier alpha value is -1.86. The summed E-state index contributed by atoms with van der Waals surface area (Å²) in [6.45, 7) is 4.48. The Morgan fingerprint density at radius 1 is 1.32 bits per heavy atom. The summed E-state index contributed by atoms with van der Waals surface area (Å²) in [7, 11) is 1.64. The van der Waals surface area contributed by atoms with Crippen LogP contribution in [0, 0.1) is 0 Å². The molecule has 0 unspecified atom stereocenters. The van der Waals surface area contributed by atoms with Crippen LogP contribution in [0.3, 0.4) is 0 Å². The maximum Gasteiger partial charge on any atom is 0.187 e. The van der Waals surface area contributed by atoms with Crippen molar-refractivity contribution in [3.8, 4) is 11.5 Å². The number of nitrogens with zero attached hydrogens (tertiary/aromatic N) is 1. The number of hydrogen-bond donors (Lipinski definition) is 2. The van der Waals surface area contributed by atoms with Gasteiger partial charge in [-0.1, -0.05) is 0 Å². The molecule has 1 aromatic carbocycles. The molecule has 0 saturated heterocycles. The smallest absolute Gasteiger partial charge is 0.187 e. The number of rotatable bonds is 5. The van der Waals surface area contributed by atoms with Gasteiger partial charge in [-0.05, 0) is 37.3 Å². The summed E-state index contributed by atoms with van der Waals surface area (Å²) in [5.74, 6) is 1.53. The molecule has 0 bridgehead atoms. The van der Waals surface area contributed by atoms with Crippen molar-refractivity contribution in [2.45, 2.75) is 13.3 Å². The van der Waals surface area contributed by atoms with Crippen LogP contribution in [-0.4, -0.2) is 44.3 Å². The summed E-state index contributed by atoms with van der Waals surface area (Å²) in [5, 5.41) is 7.73.